The van der Waals surface area contributed by atoms with Crippen molar-refractivity contribution in [2.45, 2.75) is 53.6 Å². The average Bonchev–Trinajstić information content (AvgIpc) is 2.64. The average molecular weight is 411 g/mol. The Morgan fingerprint density at radius 3 is 2.21 bits per heavy atom. The molecule has 9 heteroatoms. The van der Waals surface area contributed by atoms with Gasteiger partial charge >= 0.3 is 0 Å². The molecule has 0 aliphatic rings. The van der Waals surface area contributed by atoms with Crippen LogP contribution in [0.2, 0.25) is 0 Å². The van der Waals surface area contributed by atoms with Gasteiger partial charge in [-0.05, 0) is 26.0 Å². The first-order valence-electron chi connectivity index (χ1n) is 9.07. The van der Waals surface area contributed by atoms with Gasteiger partial charge in [-0.15, -0.1) is 0 Å². The molecule has 0 saturated heterocycles. The first kappa shape index (κ1) is 28.1. The van der Waals surface area contributed by atoms with E-state index in [-0.39, 0.29) is 30.3 Å². The van der Waals surface area contributed by atoms with Crippen molar-refractivity contribution >= 4 is 29.1 Å². The standard InChI is InChI=1S/C13H15N3O2.C3H8.C2H3FO.C2H4O2/c1-9(2)15-12(17)7-16-8-14-11-6-4-3-5-10(11)13(16)18;1-3-2;3-1-2-4;1-2(3)4/h3-6,8-9H,7H2,1-2H3,(H,15,17);3H2,1-2H3;2H,1H2;1H3,(H,3,4). The molecular weight excluding hydrogens is 381 g/mol. The molecule has 0 bridgehead atoms. The second-order valence-corrected chi connectivity index (χ2v) is 5.96. The van der Waals surface area contributed by atoms with Crippen molar-refractivity contribution in [3.63, 3.8) is 0 Å². The number of para-hydroxylation sites is 1. The van der Waals surface area contributed by atoms with Gasteiger partial charge in [0.15, 0.2) is 6.29 Å². The lowest BCUT2D eigenvalue weighted by Crippen LogP contribution is -2.36. The van der Waals surface area contributed by atoms with Crippen molar-refractivity contribution in [1.29, 1.82) is 0 Å². The second-order valence-electron chi connectivity index (χ2n) is 5.96. The third-order valence-corrected chi connectivity index (χ3v) is 2.56. The number of hydrogen-bond acceptors (Lipinski definition) is 5. The molecule has 0 saturated carbocycles. The predicted molar refractivity (Wildman–Crippen MR) is 111 cm³/mol. The van der Waals surface area contributed by atoms with Gasteiger partial charge in [0.2, 0.25) is 5.91 Å². The first-order chi connectivity index (χ1) is 13.6. The van der Waals surface area contributed by atoms with Crippen molar-refractivity contribution < 1.29 is 23.9 Å². The first-order valence-corrected chi connectivity index (χ1v) is 9.07. The number of aldehydes is 1. The van der Waals surface area contributed by atoms with Crippen LogP contribution in [0.15, 0.2) is 35.4 Å². The zero-order chi connectivity index (χ0) is 22.8. The lowest BCUT2D eigenvalue weighted by Gasteiger charge is -2.09. The van der Waals surface area contributed by atoms with E-state index in [9.17, 15) is 14.0 Å². The lowest BCUT2D eigenvalue weighted by molar-refractivity contribution is -0.134. The lowest BCUT2D eigenvalue weighted by atomic mass is 10.2. The number of aromatic nitrogens is 2. The molecule has 0 spiro atoms. The molecule has 162 valence electrons. The van der Waals surface area contributed by atoms with Crippen LogP contribution in [0, 0.1) is 0 Å². The van der Waals surface area contributed by atoms with Crippen molar-refractivity contribution in [3.8, 4) is 0 Å². The van der Waals surface area contributed by atoms with Crippen molar-refractivity contribution in [2.75, 3.05) is 6.67 Å². The Hall–Kier alpha value is -3.10. The van der Waals surface area contributed by atoms with Gasteiger partial charge in [-0.25, -0.2) is 9.37 Å². The van der Waals surface area contributed by atoms with E-state index in [1.807, 2.05) is 19.9 Å². The molecule has 0 atom stereocenters. The van der Waals surface area contributed by atoms with E-state index >= 15 is 0 Å². The molecule has 2 aromatic rings. The van der Waals surface area contributed by atoms with E-state index in [2.05, 4.69) is 24.1 Å². The van der Waals surface area contributed by atoms with E-state index < -0.39 is 12.6 Å². The number of fused-ring (bicyclic) bond motifs is 1. The number of carbonyl (C=O) groups excluding carboxylic acids is 2. The predicted octanol–water partition coefficient (Wildman–Crippen LogP) is 2.58. The SMILES string of the molecule is CC(=O)O.CC(C)NC(=O)Cn1cnc2ccccc2c1=O.CCC.O=CCF. The highest BCUT2D eigenvalue weighted by atomic mass is 19.1. The van der Waals surface area contributed by atoms with Gasteiger partial charge in [-0.3, -0.25) is 19.0 Å². The Morgan fingerprint density at radius 1 is 1.28 bits per heavy atom. The number of alkyl halides is 1. The summed E-state index contributed by atoms with van der Waals surface area (Å²) in [4.78, 5) is 45.7. The molecule has 2 rings (SSSR count). The van der Waals surface area contributed by atoms with Gasteiger partial charge in [-0.1, -0.05) is 32.4 Å². The van der Waals surface area contributed by atoms with E-state index in [4.69, 9.17) is 14.7 Å². The molecule has 1 aromatic carbocycles. The Labute approximate surface area is 169 Å². The highest BCUT2D eigenvalue weighted by Crippen LogP contribution is 2.04. The van der Waals surface area contributed by atoms with E-state index in [0.717, 1.165) is 6.92 Å². The van der Waals surface area contributed by atoms with E-state index in [0.29, 0.717) is 10.9 Å². The molecule has 0 fully saturated rings. The maximum absolute atomic E-state index is 12.1. The van der Waals surface area contributed by atoms with Crippen LogP contribution < -0.4 is 10.9 Å². The summed E-state index contributed by atoms with van der Waals surface area (Å²) in [6, 6.07) is 7.15. The maximum atomic E-state index is 12.1. The number of carbonyl (C=O) groups is 3. The van der Waals surface area contributed by atoms with Crippen LogP contribution in [0.3, 0.4) is 0 Å². The van der Waals surface area contributed by atoms with Gasteiger partial charge in [-0.2, -0.15) is 0 Å². The topological polar surface area (TPSA) is 118 Å². The third kappa shape index (κ3) is 14.6. The summed E-state index contributed by atoms with van der Waals surface area (Å²) in [6.07, 6.45) is 2.87. The van der Waals surface area contributed by atoms with Gasteiger partial charge in [0.05, 0.1) is 17.2 Å². The minimum Gasteiger partial charge on any atom is -0.481 e. The van der Waals surface area contributed by atoms with Gasteiger partial charge < -0.3 is 15.2 Å². The summed E-state index contributed by atoms with van der Waals surface area (Å²) in [6.45, 7) is 8.22. The minimum atomic E-state index is -0.861. The number of nitrogens with zero attached hydrogens (tertiary/aromatic N) is 2. The highest BCUT2D eigenvalue weighted by Gasteiger charge is 2.08. The summed E-state index contributed by atoms with van der Waals surface area (Å²) < 4.78 is 11.7. The fourth-order valence-electron chi connectivity index (χ4n) is 1.74. The maximum Gasteiger partial charge on any atom is 0.300 e. The summed E-state index contributed by atoms with van der Waals surface area (Å²) in [5.41, 5.74) is 0.447. The van der Waals surface area contributed by atoms with Gasteiger partial charge in [0.25, 0.3) is 11.5 Å². The molecule has 0 radical (unpaired) electrons. The van der Waals surface area contributed by atoms with Crippen LogP contribution in [-0.4, -0.2) is 45.5 Å². The molecule has 1 aromatic heterocycles. The van der Waals surface area contributed by atoms with E-state index in [1.54, 1.807) is 18.2 Å². The van der Waals surface area contributed by atoms with Crippen LogP contribution in [0.1, 0.15) is 41.0 Å². The summed E-state index contributed by atoms with van der Waals surface area (Å²) in [5.74, 6) is -1.02. The summed E-state index contributed by atoms with van der Waals surface area (Å²) in [5, 5.41) is 10.7. The Kier molecular flexibility index (Phi) is 16.5. The second kappa shape index (κ2) is 17.0. The smallest absolute Gasteiger partial charge is 0.300 e. The summed E-state index contributed by atoms with van der Waals surface area (Å²) in [7, 11) is 0. The van der Waals surface area contributed by atoms with Gasteiger partial charge in [0.1, 0.15) is 13.2 Å². The molecule has 1 amide bonds. The fraction of sp³-hybridized carbons (Fsp3) is 0.450. The van der Waals surface area contributed by atoms with Gasteiger partial charge in [0, 0.05) is 13.0 Å². The molecule has 1 heterocycles. The normalized spacial score (nSPS) is 9.07. The number of aliphatic carboxylic acids is 1. The van der Waals surface area contributed by atoms with Crippen LogP contribution in [0.5, 0.6) is 0 Å². The van der Waals surface area contributed by atoms with Crippen LogP contribution in [-0.2, 0) is 20.9 Å². The Morgan fingerprint density at radius 2 is 1.76 bits per heavy atom. The number of hydrogen-bond donors (Lipinski definition) is 2. The number of carboxylic acid groups (broad SMARTS) is 1. The van der Waals surface area contributed by atoms with Crippen molar-refractivity contribution in [2.24, 2.45) is 0 Å². The van der Waals surface area contributed by atoms with Crippen molar-refractivity contribution in [3.05, 3.63) is 40.9 Å². The monoisotopic (exact) mass is 411 g/mol. The molecule has 0 aliphatic carbocycles. The number of benzene rings is 1. The Balaban J connectivity index is 0. The zero-order valence-electron chi connectivity index (χ0n) is 17.5. The van der Waals surface area contributed by atoms with Crippen LogP contribution in [0.4, 0.5) is 4.39 Å². The number of halogens is 1. The number of nitrogens with one attached hydrogen (secondary N) is 1. The molecular formula is C20H30FN3O5. The number of rotatable bonds is 4. The third-order valence-electron chi connectivity index (χ3n) is 2.56. The van der Waals surface area contributed by atoms with Crippen molar-refractivity contribution in [1.82, 2.24) is 14.9 Å². The molecule has 8 nitrogen and oxygen atoms in total. The van der Waals surface area contributed by atoms with E-state index in [1.165, 1.54) is 17.3 Å². The zero-order valence-corrected chi connectivity index (χ0v) is 17.5. The Bertz CT molecular complexity index is 802. The summed E-state index contributed by atoms with van der Waals surface area (Å²) >= 11 is 0. The molecule has 29 heavy (non-hydrogen) atoms. The molecule has 0 unspecified atom stereocenters. The largest absolute Gasteiger partial charge is 0.481 e. The number of carboxylic acids is 1. The molecule has 0 aliphatic heterocycles. The minimum absolute atomic E-state index is 0.00511. The van der Waals surface area contributed by atoms with Crippen LogP contribution >= 0.6 is 0 Å². The fourth-order valence-corrected chi connectivity index (χ4v) is 1.74. The molecule has 2 N–H and O–H groups in total. The van der Waals surface area contributed by atoms with Crippen LogP contribution in [0.25, 0.3) is 10.9 Å². The number of amides is 1. The quantitative estimate of drug-likeness (QED) is 0.747. The highest BCUT2D eigenvalue weighted by molar-refractivity contribution is 5.78.